The molecule has 0 aliphatic carbocycles. The molecule has 0 saturated carbocycles. The van der Waals surface area contributed by atoms with Crippen molar-refractivity contribution >= 4 is 23.5 Å². The first-order chi connectivity index (χ1) is 16.7. The van der Waals surface area contributed by atoms with E-state index < -0.39 is 0 Å². The van der Waals surface area contributed by atoms with E-state index >= 15 is 0 Å². The summed E-state index contributed by atoms with van der Waals surface area (Å²) < 4.78 is 0. The van der Waals surface area contributed by atoms with Gasteiger partial charge in [-0.25, -0.2) is 4.98 Å². The lowest BCUT2D eigenvalue weighted by Crippen LogP contribution is -2.15. The van der Waals surface area contributed by atoms with Gasteiger partial charge in [0.2, 0.25) is 11.6 Å². The summed E-state index contributed by atoms with van der Waals surface area (Å²) >= 11 is 0. The minimum atomic E-state index is -0.354. The number of pyridine rings is 1. The van der Waals surface area contributed by atoms with Crippen molar-refractivity contribution in [1.29, 1.82) is 0 Å². The van der Waals surface area contributed by atoms with Crippen molar-refractivity contribution in [2.45, 2.75) is 0 Å². The Kier molecular flexibility index (Phi) is 5.47. The molecule has 5 rings (SSSR count). The molecule has 4 N–H and O–H groups in total. The third-order valence-electron chi connectivity index (χ3n) is 4.73. The van der Waals surface area contributed by atoms with Crippen molar-refractivity contribution in [3.8, 4) is 22.8 Å². The van der Waals surface area contributed by atoms with Gasteiger partial charge in [0.05, 0.1) is 0 Å². The van der Waals surface area contributed by atoms with Crippen molar-refractivity contribution < 1.29 is 9.59 Å². The summed E-state index contributed by atoms with van der Waals surface area (Å²) in [5.41, 5.74) is 2.28. The first kappa shape index (κ1) is 20.6. The predicted octanol–water partition coefficient (Wildman–Crippen LogP) is 1.95. The number of hydrogen-bond donors (Lipinski definition) is 4. The molecule has 2 aromatic carbocycles. The highest BCUT2D eigenvalue weighted by molar-refractivity contribution is 6.05. The van der Waals surface area contributed by atoms with Crippen LogP contribution in [0.15, 0.2) is 66.7 Å². The maximum atomic E-state index is 12.6. The lowest BCUT2D eigenvalue weighted by Gasteiger charge is -2.08. The molecule has 0 fully saturated rings. The number of hydrogen-bond acceptors (Lipinski definition) is 9. The minimum Gasteiger partial charge on any atom is -0.306 e. The summed E-state index contributed by atoms with van der Waals surface area (Å²) in [4.78, 5) is 29.5. The number of aromatic nitrogens is 9. The number of carbonyl (C=O) groups is 2. The van der Waals surface area contributed by atoms with E-state index in [4.69, 9.17) is 0 Å². The Hall–Kier alpha value is -5.33. The second-order valence-corrected chi connectivity index (χ2v) is 6.94. The highest BCUT2D eigenvalue weighted by Crippen LogP contribution is 2.17. The maximum absolute atomic E-state index is 12.6. The van der Waals surface area contributed by atoms with Crippen molar-refractivity contribution in [1.82, 2.24) is 46.2 Å². The Bertz CT molecular complexity index is 1310. The third kappa shape index (κ3) is 4.47. The van der Waals surface area contributed by atoms with Gasteiger partial charge in [-0.3, -0.25) is 9.59 Å². The molecule has 0 radical (unpaired) electrons. The average Bonchev–Trinajstić information content (AvgIpc) is 3.59. The van der Waals surface area contributed by atoms with Crippen LogP contribution in [-0.2, 0) is 0 Å². The van der Waals surface area contributed by atoms with Crippen LogP contribution in [0.3, 0.4) is 0 Å². The molecule has 2 amide bonds. The molecule has 34 heavy (non-hydrogen) atoms. The van der Waals surface area contributed by atoms with Crippen LogP contribution in [0.5, 0.6) is 0 Å². The third-order valence-corrected chi connectivity index (χ3v) is 4.73. The van der Waals surface area contributed by atoms with E-state index in [2.05, 4.69) is 56.9 Å². The lowest BCUT2D eigenvalue weighted by molar-refractivity contribution is 0.101. The summed E-state index contributed by atoms with van der Waals surface area (Å²) in [6.07, 6.45) is 0. The van der Waals surface area contributed by atoms with Crippen LogP contribution in [0.2, 0.25) is 0 Å². The summed E-state index contributed by atoms with van der Waals surface area (Å²) in [6.45, 7) is 0. The minimum absolute atomic E-state index is 0.289. The van der Waals surface area contributed by atoms with Gasteiger partial charge < -0.3 is 10.6 Å². The van der Waals surface area contributed by atoms with Gasteiger partial charge in [0, 0.05) is 22.3 Å². The van der Waals surface area contributed by atoms with Crippen LogP contribution in [0.4, 0.5) is 11.6 Å². The molecule has 5 aromatic rings. The number of benzene rings is 2. The van der Waals surface area contributed by atoms with E-state index in [0.29, 0.717) is 22.8 Å². The van der Waals surface area contributed by atoms with Crippen LogP contribution < -0.4 is 10.6 Å². The standard InChI is InChI=1S/C21H15N11O2/c33-20(14-8-4-12(5-9-14)18-25-29-30-26-18)23-16-2-1-3-17(22-16)24-21(34)15-10-6-13(7-11-15)19-27-31-32-28-19/h1-11H,(H,25,26,29,30)(H,27,28,31,32)(H2,22,23,24,33,34). The summed E-state index contributed by atoms with van der Waals surface area (Å²) in [6, 6.07) is 18.4. The van der Waals surface area contributed by atoms with Gasteiger partial charge in [0.25, 0.3) is 11.8 Å². The number of aromatic amines is 2. The molecule has 0 spiro atoms. The molecule has 13 heteroatoms. The number of amides is 2. The van der Waals surface area contributed by atoms with Gasteiger partial charge in [0.15, 0.2) is 0 Å². The highest BCUT2D eigenvalue weighted by Gasteiger charge is 2.12. The van der Waals surface area contributed by atoms with Crippen molar-refractivity contribution in [2.24, 2.45) is 0 Å². The van der Waals surface area contributed by atoms with E-state index in [-0.39, 0.29) is 23.5 Å². The summed E-state index contributed by atoms with van der Waals surface area (Å²) in [5, 5.41) is 32.8. The van der Waals surface area contributed by atoms with Crippen molar-refractivity contribution in [2.75, 3.05) is 10.6 Å². The molecule has 0 aliphatic heterocycles. The van der Waals surface area contributed by atoms with Gasteiger partial charge in [-0.1, -0.05) is 30.3 Å². The molecule has 0 unspecified atom stereocenters. The lowest BCUT2D eigenvalue weighted by atomic mass is 10.1. The van der Waals surface area contributed by atoms with Crippen LogP contribution in [0.1, 0.15) is 20.7 Å². The molecule has 166 valence electrons. The predicted molar refractivity (Wildman–Crippen MR) is 119 cm³/mol. The average molecular weight is 453 g/mol. The van der Waals surface area contributed by atoms with E-state index in [0.717, 1.165) is 11.1 Å². The number of H-pyrrole nitrogens is 2. The van der Waals surface area contributed by atoms with E-state index in [1.165, 1.54) is 0 Å². The molecule has 3 aromatic heterocycles. The molecule has 0 saturated heterocycles. The molecule has 3 heterocycles. The number of rotatable bonds is 6. The zero-order valence-corrected chi connectivity index (χ0v) is 17.3. The monoisotopic (exact) mass is 453 g/mol. The fraction of sp³-hybridized carbons (Fsp3) is 0. The number of nitrogens with zero attached hydrogens (tertiary/aromatic N) is 7. The summed E-state index contributed by atoms with van der Waals surface area (Å²) in [7, 11) is 0. The Morgan fingerprint density at radius 3 is 1.44 bits per heavy atom. The smallest absolute Gasteiger partial charge is 0.256 e. The number of tetrazole rings is 2. The van der Waals surface area contributed by atoms with Crippen molar-refractivity contribution in [3.63, 3.8) is 0 Å². The Morgan fingerprint density at radius 2 is 1.06 bits per heavy atom. The number of anilines is 2. The Labute approximate surface area is 191 Å². The Morgan fingerprint density at radius 1 is 0.618 bits per heavy atom. The largest absolute Gasteiger partial charge is 0.306 e. The van der Waals surface area contributed by atoms with Gasteiger partial charge in [-0.05, 0) is 46.8 Å². The zero-order chi connectivity index (χ0) is 23.3. The van der Waals surface area contributed by atoms with E-state index in [9.17, 15) is 9.59 Å². The van der Waals surface area contributed by atoms with E-state index in [1.807, 2.05) is 0 Å². The van der Waals surface area contributed by atoms with Gasteiger partial charge >= 0.3 is 0 Å². The first-order valence-corrected chi connectivity index (χ1v) is 9.93. The molecule has 13 nitrogen and oxygen atoms in total. The second kappa shape index (κ2) is 9.04. The Balaban J connectivity index is 1.23. The highest BCUT2D eigenvalue weighted by atomic mass is 16.2. The summed E-state index contributed by atoms with van der Waals surface area (Å²) in [5.74, 6) is 0.735. The number of nitrogens with one attached hydrogen (secondary N) is 4. The van der Waals surface area contributed by atoms with Crippen molar-refractivity contribution in [3.05, 3.63) is 77.9 Å². The molecule has 0 bridgehead atoms. The van der Waals surface area contributed by atoms with Crippen LogP contribution in [0.25, 0.3) is 22.8 Å². The van der Waals surface area contributed by atoms with Crippen LogP contribution in [0, 0.1) is 0 Å². The normalized spacial score (nSPS) is 10.6. The molecule has 0 atom stereocenters. The molecular weight excluding hydrogens is 438 g/mol. The number of carbonyl (C=O) groups excluding carboxylic acids is 2. The molecular formula is C21H15N11O2. The zero-order valence-electron chi connectivity index (χ0n) is 17.3. The molecule has 0 aliphatic rings. The topological polar surface area (TPSA) is 180 Å². The van der Waals surface area contributed by atoms with E-state index in [1.54, 1.807) is 66.7 Å². The first-order valence-electron chi connectivity index (χ1n) is 9.93. The van der Waals surface area contributed by atoms with Gasteiger partial charge in [-0.15, -0.1) is 20.4 Å². The van der Waals surface area contributed by atoms with Gasteiger partial charge in [-0.2, -0.15) is 10.4 Å². The second-order valence-electron chi connectivity index (χ2n) is 6.94. The van der Waals surface area contributed by atoms with Crippen LogP contribution >= 0.6 is 0 Å². The fourth-order valence-electron chi connectivity index (χ4n) is 3.06. The maximum Gasteiger partial charge on any atom is 0.256 e. The van der Waals surface area contributed by atoms with Gasteiger partial charge in [0.1, 0.15) is 11.6 Å². The quantitative estimate of drug-likeness (QED) is 0.299. The SMILES string of the molecule is O=C(Nc1cccc(NC(=O)c2ccc(-c3nn[nH]n3)cc2)n1)c1ccc(-c2nn[nH]n2)cc1. The van der Waals surface area contributed by atoms with Crippen LogP contribution in [-0.4, -0.2) is 58.0 Å². The fourth-order valence-corrected chi connectivity index (χ4v) is 3.06.